The number of anilines is 1. The van der Waals surface area contributed by atoms with Gasteiger partial charge in [-0.1, -0.05) is 13.8 Å². The molecule has 1 aromatic carbocycles. The van der Waals surface area contributed by atoms with Gasteiger partial charge in [0.15, 0.2) is 0 Å². The Balaban J connectivity index is 2.91. The topological polar surface area (TPSA) is 63.5 Å². The molecule has 0 fully saturated rings. The van der Waals surface area contributed by atoms with Crippen molar-refractivity contribution in [3.05, 3.63) is 34.4 Å². The second-order valence-electron chi connectivity index (χ2n) is 4.07. The molecule has 0 heterocycles. The smallest absolute Gasteiger partial charge is 0.269 e. The van der Waals surface area contributed by atoms with Gasteiger partial charge in [-0.3, -0.25) is 14.9 Å². The Morgan fingerprint density at radius 3 is 2.28 bits per heavy atom. The number of hydrogen-bond acceptors (Lipinski definition) is 3. The van der Waals surface area contributed by atoms with Crippen molar-refractivity contribution >= 4 is 17.3 Å². The molecule has 1 rings (SSSR count). The molecule has 0 spiro atoms. The van der Waals surface area contributed by atoms with Crippen LogP contribution in [0.3, 0.4) is 0 Å². The van der Waals surface area contributed by atoms with E-state index in [0.29, 0.717) is 13.0 Å². The highest BCUT2D eigenvalue weighted by molar-refractivity contribution is 5.93. The first-order valence-electron chi connectivity index (χ1n) is 6.15. The molecule has 0 radical (unpaired) electrons. The standard InChI is InChI=1S/C13H18N2O3/c1-3-5-13(16)14(10-4-2)11-6-8-12(9-7-11)15(17)18/h6-9H,3-5,10H2,1-2H3. The minimum absolute atomic E-state index is 0.0399. The second-order valence-corrected chi connectivity index (χ2v) is 4.07. The maximum absolute atomic E-state index is 11.9. The van der Waals surface area contributed by atoms with Crippen molar-refractivity contribution in [3.63, 3.8) is 0 Å². The average molecular weight is 250 g/mol. The molecule has 5 heteroatoms. The van der Waals surface area contributed by atoms with Crippen LogP contribution >= 0.6 is 0 Å². The van der Waals surface area contributed by atoms with E-state index in [1.165, 1.54) is 12.1 Å². The lowest BCUT2D eigenvalue weighted by atomic mass is 10.2. The molecule has 0 aliphatic rings. The number of benzene rings is 1. The normalized spacial score (nSPS) is 10.1. The van der Waals surface area contributed by atoms with E-state index in [9.17, 15) is 14.9 Å². The van der Waals surface area contributed by atoms with Gasteiger partial charge in [0.2, 0.25) is 5.91 Å². The van der Waals surface area contributed by atoms with Crippen molar-refractivity contribution in [2.75, 3.05) is 11.4 Å². The Labute approximate surface area is 107 Å². The third kappa shape index (κ3) is 3.55. The lowest BCUT2D eigenvalue weighted by Crippen LogP contribution is -2.31. The summed E-state index contributed by atoms with van der Waals surface area (Å²) in [5.41, 5.74) is 0.763. The van der Waals surface area contributed by atoms with Crippen molar-refractivity contribution in [1.82, 2.24) is 0 Å². The number of non-ortho nitro benzene ring substituents is 1. The first kappa shape index (κ1) is 14.2. The van der Waals surface area contributed by atoms with Gasteiger partial charge in [-0.05, 0) is 25.0 Å². The van der Waals surface area contributed by atoms with Crippen molar-refractivity contribution in [2.45, 2.75) is 33.1 Å². The van der Waals surface area contributed by atoms with E-state index < -0.39 is 4.92 Å². The number of amides is 1. The fraction of sp³-hybridized carbons (Fsp3) is 0.462. The molecule has 0 N–H and O–H groups in total. The van der Waals surface area contributed by atoms with E-state index in [1.54, 1.807) is 17.0 Å². The SMILES string of the molecule is CCCC(=O)N(CCC)c1ccc([N+](=O)[O-])cc1. The zero-order valence-electron chi connectivity index (χ0n) is 10.8. The Morgan fingerprint density at radius 1 is 1.22 bits per heavy atom. The number of carbonyl (C=O) groups is 1. The molecule has 0 bridgehead atoms. The summed E-state index contributed by atoms with van der Waals surface area (Å²) in [4.78, 5) is 23.8. The lowest BCUT2D eigenvalue weighted by molar-refractivity contribution is -0.384. The van der Waals surface area contributed by atoms with Crippen LogP contribution in [0, 0.1) is 10.1 Å². The maximum Gasteiger partial charge on any atom is 0.269 e. The minimum atomic E-state index is -0.443. The van der Waals surface area contributed by atoms with Crippen LogP contribution in [-0.2, 0) is 4.79 Å². The van der Waals surface area contributed by atoms with E-state index in [1.807, 2.05) is 13.8 Å². The fourth-order valence-corrected chi connectivity index (χ4v) is 1.72. The molecule has 18 heavy (non-hydrogen) atoms. The van der Waals surface area contributed by atoms with Crippen LogP contribution in [0.4, 0.5) is 11.4 Å². The third-order valence-electron chi connectivity index (χ3n) is 2.58. The molecule has 1 aromatic rings. The monoisotopic (exact) mass is 250 g/mol. The van der Waals surface area contributed by atoms with Crippen LogP contribution in [0.25, 0.3) is 0 Å². The number of nitrogens with zero attached hydrogens (tertiary/aromatic N) is 2. The summed E-state index contributed by atoms with van der Waals surface area (Å²) < 4.78 is 0. The molecule has 1 amide bonds. The quantitative estimate of drug-likeness (QED) is 0.575. The summed E-state index contributed by atoms with van der Waals surface area (Å²) in [6, 6.07) is 6.11. The molecule has 0 aromatic heterocycles. The number of rotatable bonds is 6. The Kier molecular flexibility index (Phi) is 5.30. The van der Waals surface area contributed by atoms with Gasteiger partial charge in [0.25, 0.3) is 5.69 Å². The van der Waals surface area contributed by atoms with Gasteiger partial charge in [0.05, 0.1) is 4.92 Å². The fourth-order valence-electron chi connectivity index (χ4n) is 1.72. The minimum Gasteiger partial charge on any atom is -0.312 e. The van der Waals surface area contributed by atoms with E-state index >= 15 is 0 Å². The molecular formula is C13H18N2O3. The van der Waals surface area contributed by atoms with Gasteiger partial charge >= 0.3 is 0 Å². The molecule has 0 unspecified atom stereocenters. The number of nitro benzene ring substituents is 1. The van der Waals surface area contributed by atoms with Crippen LogP contribution in [0.2, 0.25) is 0 Å². The highest BCUT2D eigenvalue weighted by Crippen LogP contribution is 2.20. The number of hydrogen-bond donors (Lipinski definition) is 0. The van der Waals surface area contributed by atoms with E-state index in [0.717, 1.165) is 18.5 Å². The molecule has 0 aliphatic carbocycles. The highest BCUT2D eigenvalue weighted by Gasteiger charge is 2.15. The summed E-state index contributed by atoms with van der Waals surface area (Å²) in [6.07, 6.45) is 2.15. The first-order chi connectivity index (χ1) is 8.60. The summed E-state index contributed by atoms with van der Waals surface area (Å²) >= 11 is 0. The van der Waals surface area contributed by atoms with Gasteiger partial charge in [-0.2, -0.15) is 0 Å². The summed E-state index contributed by atoms with van der Waals surface area (Å²) in [6.45, 7) is 4.59. The van der Waals surface area contributed by atoms with E-state index in [4.69, 9.17) is 0 Å². The van der Waals surface area contributed by atoms with Crippen molar-refractivity contribution in [1.29, 1.82) is 0 Å². The summed E-state index contributed by atoms with van der Waals surface area (Å²) in [7, 11) is 0. The van der Waals surface area contributed by atoms with Gasteiger partial charge in [-0.15, -0.1) is 0 Å². The van der Waals surface area contributed by atoms with Gasteiger partial charge in [-0.25, -0.2) is 0 Å². The molecule has 0 atom stereocenters. The lowest BCUT2D eigenvalue weighted by Gasteiger charge is -2.22. The number of carbonyl (C=O) groups excluding carboxylic acids is 1. The van der Waals surface area contributed by atoms with E-state index in [2.05, 4.69) is 0 Å². The molecule has 5 nitrogen and oxygen atoms in total. The van der Waals surface area contributed by atoms with Gasteiger partial charge < -0.3 is 4.90 Å². The van der Waals surface area contributed by atoms with Crippen LogP contribution in [0.15, 0.2) is 24.3 Å². The summed E-state index contributed by atoms with van der Waals surface area (Å²) in [5.74, 6) is 0.0632. The first-order valence-corrected chi connectivity index (χ1v) is 6.15. The molecule has 0 saturated heterocycles. The van der Waals surface area contributed by atoms with Gasteiger partial charge in [0.1, 0.15) is 0 Å². The van der Waals surface area contributed by atoms with Crippen LogP contribution < -0.4 is 4.90 Å². The molecule has 98 valence electrons. The zero-order valence-corrected chi connectivity index (χ0v) is 10.8. The molecule has 0 saturated carbocycles. The van der Waals surface area contributed by atoms with Crippen molar-refractivity contribution in [2.24, 2.45) is 0 Å². The largest absolute Gasteiger partial charge is 0.312 e. The van der Waals surface area contributed by atoms with Crippen LogP contribution in [-0.4, -0.2) is 17.4 Å². The Morgan fingerprint density at radius 2 is 1.83 bits per heavy atom. The second kappa shape index (κ2) is 6.74. The van der Waals surface area contributed by atoms with Crippen molar-refractivity contribution in [3.8, 4) is 0 Å². The molecular weight excluding hydrogens is 232 g/mol. The maximum atomic E-state index is 11.9. The highest BCUT2D eigenvalue weighted by atomic mass is 16.6. The van der Waals surface area contributed by atoms with Crippen LogP contribution in [0.1, 0.15) is 33.1 Å². The van der Waals surface area contributed by atoms with Crippen LogP contribution in [0.5, 0.6) is 0 Å². The summed E-state index contributed by atoms with van der Waals surface area (Å²) in [5, 5.41) is 10.6. The number of nitro groups is 1. The Bertz CT molecular complexity index is 415. The van der Waals surface area contributed by atoms with E-state index in [-0.39, 0.29) is 11.6 Å². The predicted molar refractivity (Wildman–Crippen MR) is 70.6 cm³/mol. The third-order valence-corrected chi connectivity index (χ3v) is 2.58. The average Bonchev–Trinajstić information content (AvgIpc) is 2.36. The molecule has 0 aliphatic heterocycles. The zero-order chi connectivity index (χ0) is 13.5. The van der Waals surface area contributed by atoms with Crippen molar-refractivity contribution < 1.29 is 9.72 Å². The Hall–Kier alpha value is -1.91. The predicted octanol–water partition coefficient (Wildman–Crippen LogP) is 3.14. The van der Waals surface area contributed by atoms with Gasteiger partial charge in [0, 0.05) is 30.8 Å².